The van der Waals surface area contributed by atoms with Gasteiger partial charge < -0.3 is 17.3 Å². The van der Waals surface area contributed by atoms with Crippen molar-refractivity contribution in [3.8, 4) is 6.07 Å². The van der Waals surface area contributed by atoms with E-state index < -0.39 is 7.25 Å². The molecule has 0 saturated carbocycles. The normalized spacial score (nSPS) is 22.9. The molecule has 2 atom stereocenters. The molecule has 0 amide bonds. The quantitative estimate of drug-likeness (QED) is 0.282. The zero-order valence-corrected chi connectivity index (χ0v) is 13.6. The van der Waals surface area contributed by atoms with Crippen molar-refractivity contribution in [2.75, 3.05) is 5.75 Å². The lowest BCUT2D eigenvalue weighted by atomic mass is 10.0. The average molecular weight is 341 g/mol. The van der Waals surface area contributed by atoms with E-state index in [9.17, 15) is 22.5 Å². The van der Waals surface area contributed by atoms with Crippen molar-refractivity contribution in [3.63, 3.8) is 0 Å². The van der Waals surface area contributed by atoms with Crippen LogP contribution in [0.2, 0.25) is 0 Å². The third-order valence-corrected chi connectivity index (χ3v) is 6.60. The fourth-order valence-electron chi connectivity index (χ4n) is 2.71. The largest absolute Gasteiger partial charge is 0.673 e. The molecule has 3 rings (SSSR count). The molecular formula is C16H16BF4NS. The number of benzene rings is 1. The molecule has 2 aliphatic heterocycles. The lowest BCUT2D eigenvalue weighted by Gasteiger charge is -2.27. The summed E-state index contributed by atoms with van der Waals surface area (Å²) < 4.78 is 39.0. The molecule has 1 aromatic carbocycles. The predicted molar refractivity (Wildman–Crippen MR) is 87.5 cm³/mol. The van der Waals surface area contributed by atoms with E-state index in [2.05, 4.69) is 44.2 Å². The molecule has 1 aromatic rings. The van der Waals surface area contributed by atoms with Gasteiger partial charge in [-0.15, -0.1) is 0 Å². The predicted octanol–water partition coefficient (Wildman–Crippen LogP) is 4.99. The van der Waals surface area contributed by atoms with Crippen LogP contribution >= 0.6 is 0 Å². The molecule has 0 N–H and O–H groups in total. The first-order valence-corrected chi connectivity index (χ1v) is 8.60. The van der Waals surface area contributed by atoms with E-state index >= 15 is 0 Å². The van der Waals surface area contributed by atoms with E-state index in [1.807, 2.05) is 6.07 Å². The standard InChI is InChI=1S/C16H16NS.BF4/c1-11-7-14-8-13(9-17)15-5-3-4-6-16(15)18(14)10-12(11)2;2-1(3,4)5/h3-6,8,14H,7,10H2,1-2H3;/q+1;-1. The number of hydrogen-bond donors (Lipinski definition) is 0. The zero-order chi connectivity index (χ0) is 17.2. The Morgan fingerprint density at radius 3 is 2.35 bits per heavy atom. The van der Waals surface area contributed by atoms with Gasteiger partial charge in [-0.05, 0) is 37.6 Å². The van der Waals surface area contributed by atoms with E-state index in [-0.39, 0.29) is 10.9 Å². The molecule has 0 radical (unpaired) electrons. The molecule has 1 nitrogen and oxygen atoms in total. The van der Waals surface area contributed by atoms with Crippen molar-refractivity contribution in [1.82, 2.24) is 0 Å². The fraction of sp³-hybridized carbons (Fsp3) is 0.312. The lowest BCUT2D eigenvalue weighted by Crippen LogP contribution is -2.31. The van der Waals surface area contributed by atoms with Gasteiger partial charge in [-0.25, -0.2) is 0 Å². The summed E-state index contributed by atoms with van der Waals surface area (Å²) in [6, 6.07) is 10.8. The van der Waals surface area contributed by atoms with Gasteiger partial charge in [0, 0.05) is 22.9 Å². The number of nitriles is 1. The van der Waals surface area contributed by atoms with Crippen LogP contribution in [0, 0.1) is 11.3 Å². The smallest absolute Gasteiger partial charge is 0.418 e. The number of nitrogens with zero attached hydrogens (tertiary/aromatic N) is 1. The highest BCUT2D eigenvalue weighted by Gasteiger charge is 2.41. The second-order valence-electron chi connectivity index (χ2n) is 5.56. The molecule has 0 saturated heterocycles. The third kappa shape index (κ3) is 4.41. The van der Waals surface area contributed by atoms with E-state index in [4.69, 9.17) is 0 Å². The fourth-order valence-corrected chi connectivity index (χ4v) is 5.59. The van der Waals surface area contributed by atoms with Gasteiger partial charge in [0.25, 0.3) is 0 Å². The minimum Gasteiger partial charge on any atom is -0.418 e. The van der Waals surface area contributed by atoms with Crippen LogP contribution in [-0.4, -0.2) is 18.3 Å². The molecule has 2 aliphatic rings. The van der Waals surface area contributed by atoms with Gasteiger partial charge in [0.15, 0.2) is 4.90 Å². The van der Waals surface area contributed by atoms with E-state index in [1.54, 1.807) is 0 Å². The van der Waals surface area contributed by atoms with Gasteiger partial charge in [-0.3, -0.25) is 0 Å². The highest BCUT2D eigenvalue weighted by molar-refractivity contribution is 7.98. The molecule has 0 bridgehead atoms. The molecule has 0 aliphatic carbocycles. The van der Waals surface area contributed by atoms with Crippen molar-refractivity contribution in [3.05, 3.63) is 47.1 Å². The monoisotopic (exact) mass is 341 g/mol. The maximum absolute atomic E-state index is 9.75. The van der Waals surface area contributed by atoms with E-state index in [0.717, 1.165) is 17.6 Å². The Hall–Kier alpha value is -1.68. The topological polar surface area (TPSA) is 23.8 Å². The molecule has 7 heteroatoms. The summed E-state index contributed by atoms with van der Waals surface area (Å²) in [4.78, 5) is 1.40. The van der Waals surface area contributed by atoms with Crippen molar-refractivity contribution in [2.45, 2.75) is 30.4 Å². The first-order chi connectivity index (χ1) is 10.7. The van der Waals surface area contributed by atoms with E-state index in [1.165, 1.54) is 21.8 Å². The van der Waals surface area contributed by atoms with Crippen LogP contribution in [0.25, 0.3) is 5.57 Å². The van der Waals surface area contributed by atoms with Gasteiger partial charge in [0.1, 0.15) is 11.0 Å². The summed E-state index contributed by atoms with van der Waals surface area (Å²) in [5.74, 6) is 1.17. The maximum atomic E-state index is 9.75. The van der Waals surface area contributed by atoms with Crippen LogP contribution in [0.15, 0.2) is 46.4 Å². The lowest BCUT2D eigenvalue weighted by molar-refractivity contribution is 0.368. The molecule has 0 aromatic heterocycles. The molecule has 0 spiro atoms. The van der Waals surface area contributed by atoms with Crippen LogP contribution in [0.1, 0.15) is 25.8 Å². The molecule has 122 valence electrons. The van der Waals surface area contributed by atoms with Crippen molar-refractivity contribution < 1.29 is 17.3 Å². The zero-order valence-electron chi connectivity index (χ0n) is 12.8. The number of allylic oxidation sites excluding steroid dienone is 2. The van der Waals surface area contributed by atoms with Crippen LogP contribution in [0.3, 0.4) is 0 Å². The molecule has 2 unspecified atom stereocenters. The summed E-state index contributed by atoms with van der Waals surface area (Å²) in [7, 11) is -5.74. The molecule has 0 fully saturated rings. The SMILES string of the molecule is CC1=C(C)C[S+]2c3ccccc3C(C#N)=CC2C1.F[B-](F)(F)F. The minimum absolute atomic E-state index is 0.264. The molecule has 23 heavy (non-hydrogen) atoms. The van der Waals surface area contributed by atoms with Crippen molar-refractivity contribution in [1.29, 1.82) is 5.26 Å². The number of fused-ring (bicyclic) bond motifs is 3. The summed E-state index contributed by atoms with van der Waals surface area (Å²) in [5.41, 5.74) is 5.08. The van der Waals surface area contributed by atoms with Gasteiger partial charge in [-0.1, -0.05) is 17.7 Å². The Labute approximate surface area is 136 Å². The summed E-state index contributed by atoms with van der Waals surface area (Å²) in [6.07, 6.45) is 3.33. The summed E-state index contributed by atoms with van der Waals surface area (Å²) >= 11 is 0. The second kappa shape index (κ2) is 6.83. The Kier molecular flexibility index (Phi) is 5.25. The van der Waals surface area contributed by atoms with Gasteiger partial charge >= 0.3 is 7.25 Å². The Bertz CT molecular complexity index is 697. The summed E-state index contributed by atoms with van der Waals surface area (Å²) in [5, 5.41) is 9.86. The van der Waals surface area contributed by atoms with Crippen molar-refractivity contribution in [2.24, 2.45) is 0 Å². The molecule has 2 heterocycles. The number of halogens is 4. The first kappa shape index (κ1) is 17.7. The number of hydrogen-bond acceptors (Lipinski definition) is 1. The third-order valence-electron chi connectivity index (χ3n) is 3.91. The highest BCUT2D eigenvalue weighted by Crippen LogP contribution is 2.40. The van der Waals surface area contributed by atoms with Crippen LogP contribution < -0.4 is 0 Å². The summed E-state index contributed by atoms with van der Waals surface area (Å²) in [6.45, 7) is 4.49. The van der Waals surface area contributed by atoms with Crippen LogP contribution in [0.4, 0.5) is 17.3 Å². The molecular weight excluding hydrogens is 325 g/mol. The van der Waals surface area contributed by atoms with Gasteiger partial charge in [-0.2, -0.15) is 5.26 Å². The van der Waals surface area contributed by atoms with Gasteiger partial charge in [0.05, 0.1) is 11.6 Å². The van der Waals surface area contributed by atoms with Gasteiger partial charge in [0.2, 0.25) is 0 Å². The Balaban J connectivity index is 0.000000338. The van der Waals surface area contributed by atoms with E-state index in [0.29, 0.717) is 5.25 Å². The highest BCUT2D eigenvalue weighted by atomic mass is 32.2. The van der Waals surface area contributed by atoms with Crippen LogP contribution in [0.5, 0.6) is 0 Å². The van der Waals surface area contributed by atoms with Crippen molar-refractivity contribution >= 4 is 23.7 Å². The first-order valence-electron chi connectivity index (χ1n) is 7.14. The minimum atomic E-state index is -6.00. The second-order valence-corrected chi connectivity index (χ2v) is 7.75. The Morgan fingerprint density at radius 1 is 1.13 bits per heavy atom. The maximum Gasteiger partial charge on any atom is 0.673 e. The van der Waals surface area contributed by atoms with Crippen LogP contribution in [-0.2, 0) is 10.9 Å². The number of rotatable bonds is 0. The Morgan fingerprint density at radius 2 is 1.74 bits per heavy atom. The average Bonchev–Trinajstić information content (AvgIpc) is 2.46.